The molecule has 2 aliphatic rings. The van der Waals surface area contributed by atoms with E-state index in [0.29, 0.717) is 0 Å². The van der Waals surface area contributed by atoms with Crippen LogP contribution in [0.25, 0.3) is 0 Å². The van der Waals surface area contributed by atoms with Crippen LogP contribution in [-0.4, -0.2) is 20.1 Å². The zero-order chi connectivity index (χ0) is 13.1. The fourth-order valence-corrected chi connectivity index (χ4v) is 3.10. The van der Waals surface area contributed by atoms with E-state index >= 15 is 0 Å². The van der Waals surface area contributed by atoms with Crippen LogP contribution in [0.2, 0.25) is 0 Å². The Morgan fingerprint density at radius 3 is 3.05 bits per heavy atom. The summed E-state index contributed by atoms with van der Waals surface area (Å²) in [6.07, 6.45) is 8.29. The van der Waals surface area contributed by atoms with Crippen molar-refractivity contribution in [2.45, 2.75) is 45.1 Å². The Kier molecular flexibility index (Phi) is 4.07. The second kappa shape index (κ2) is 5.96. The minimum absolute atomic E-state index is 1.03. The molecule has 1 fully saturated rings. The minimum Gasteiger partial charge on any atom is -0.374 e. The molecule has 0 bridgehead atoms. The molecule has 1 aliphatic heterocycles. The lowest BCUT2D eigenvalue weighted by Crippen LogP contribution is -2.25. The molecule has 0 radical (unpaired) electrons. The first-order valence-corrected chi connectivity index (χ1v) is 7.86. The van der Waals surface area contributed by atoms with E-state index < -0.39 is 0 Å². The van der Waals surface area contributed by atoms with E-state index in [1.165, 1.54) is 68.4 Å². The highest BCUT2D eigenvalue weighted by atomic mass is 15.1. The van der Waals surface area contributed by atoms with Crippen molar-refractivity contribution in [1.82, 2.24) is 5.32 Å². The first kappa shape index (κ1) is 13.0. The van der Waals surface area contributed by atoms with Crippen LogP contribution in [0.1, 0.15) is 43.2 Å². The minimum atomic E-state index is 1.03. The fourth-order valence-electron chi connectivity index (χ4n) is 3.10. The van der Waals surface area contributed by atoms with Gasteiger partial charge in [0.05, 0.1) is 0 Å². The van der Waals surface area contributed by atoms with Gasteiger partial charge in [0.2, 0.25) is 0 Å². The van der Waals surface area contributed by atoms with Gasteiger partial charge in [-0.2, -0.15) is 0 Å². The molecule has 1 saturated carbocycles. The molecule has 0 amide bonds. The van der Waals surface area contributed by atoms with Crippen molar-refractivity contribution in [3.63, 3.8) is 0 Å². The van der Waals surface area contributed by atoms with E-state index in [9.17, 15) is 0 Å². The van der Waals surface area contributed by atoms with Gasteiger partial charge < -0.3 is 10.2 Å². The standard InChI is InChI=1S/C17H26N2/c1-19-11-3-5-16-12-15(8-9-17(16)19)13-18-10-2-4-14-6-7-14/h8-9,12,14,18H,2-7,10-11,13H2,1H3. The molecular weight excluding hydrogens is 232 g/mol. The summed E-state index contributed by atoms with van der Waals surface area (Å²) in [5.41, 5.74) is 4.41. The van der Waals surface area contributed by atoms with Crippen molar-refractivity contribution in [3.05, 3.63) is 29.3 Å². The lowest BCUT2D eigenvalue weighted by atomic mass is 9.99. The van der Waals surface area contributed by atoms with Crippen molar-refractivity contribution in [2.75, 3.05) is 25.0 Å². The highest BCUT2D eigenvalue weighted by molar-refractivity contribution is 5.56. The molecule has 1 aliphatic carbocycles. The molecule has 0 saturated heterocycles. The van der Waals surface area contributed by atoms with E-state index in [0.717, 1.165) is 12.5 Å². The Morgan fingerprint density at radius 2 is 2.21 bits per heavy atom. The number of anilines is 1. The number of hydrogen-bond donors (Lipinski definition) is 1. The Morgan fingerprint density at radius 1 is 1.32 bits per heavy atom. The fraction of sp³-hybridized carbons (Fsp3) is 0.647. The van der Waals surface area contributed by atoms with Gasteiger partial charge in [-0.05, 0) is 55.3 Å². The van der Waals surface area contributed by atoms with Gasteiger partial charge in [-0.15, -0.1) is 0 Å². The highest BCUT2D eigenvalue weighted by Gasteiger charge is 2.19. The summed E-state index contributed by atoms with van der Waals surface area (Å²) in [5.74, 6) is 1.07. The van der Waals surface area contributed by atoms with Crippen LogP contribution in [0.3, 0.4) is 0 Å². The van der Waals surface area contributed by atoms with Crippen molar-refractivity contribution < 1.29 is 0 Å². The molecule has 1 aromatic carbocycles. The molecule has 0 unspecified atom stereocenters. The third kappa shape index (κ3) is 3.50. The van der Waals surface area contributed by atoms with Crippen LogP contribution in [0.15, 0.2) is 18.2 Å². The third-order valence-corrected chi connectivity index (χ3v) is 4.49. The molecular formula is C17H26N2. The quantitative estimate of drug-likeness (QED) is 0.787. The lowest BCUT2D eigenvalue weighted by Gasteiger charge is -2.27. The summed E-state index contributed by atoms with van der Waals surface area (Å²) >= 11 is 0. The molecule has 104 valence electrons. The average molecular weight is 258 g/mol. The Bertz CT molecular complexity index is 423. The molecule has 1 heterocycles. The van der Waals surface area contributed by atoms with Crippen LogP contribution >= 0.6 is 0 Å². The number of aryl methyl sites for hydroxylation is 1. The molecule has 1 aromatic rings. The SMILES string of the molecule is CN1CCCc2cc(CNCCCC3CC3)ccc21. The van der Waals surface area contributed by atoms with Crippen LogP contribution in [0.5, 0.6) is 0 Å². The molecule has 0 aromatic heterocycles. The second-order valence-electron chi connectivity index (χ2n) is 6.25. The summed E-state index contributed by atoms with van der Waals surface area (Å²) in [4.78, 5) is 2.38. The summed E-state index contributed by atoms with van der Waals surface area (Å²) < 4.78 is 0. The average Bonchev–Trinajstić information content (AvgIpc) is 3.23. The first-order chi connectivity index (χ1) is 9.33. The number of benzene rings is 1. The van der Waals surface area contributed by atoms with Crippen LogP contribution < -0.4 is 10.2 Å². The summed E-state index contributed by atoms with van der Waals surface area (Å²) in [5, 5.41) is 3.59. The van der Waals surface area contributed by atoms with Crippen molar-refractivity contribution in [2.24, 2.45) is 5.92 Å². The Hall–Kier alpha value is -1.02. The highest BCUT2D eigenvalue weighted by Crippen LogP contribution is 2.33. The zero-order valence-electron chi connectivity index (χ0n) is 12.1. The van der Waals surface area contributed by atoms with Gasteiger partial charge in [-0.3, -0.25) is 0 Å². The van der Waals surface area contributed by atoms with Crippen molar-refractivity contribution >= 4 is 5.69 Å². The lowest BCUT2D eigenvalue weighted by molar-refractivity contribution is 0.593. The normalized spacial score (nSPS) is 18.5. The van der Waals surface area contributed by atoms with E-state index in [1.54, 1.807) is 0 Å². The largest absolute Gasteiger partial charge is 0.374 e. The monoisotopic (exact) mass is 258 g/mol. The Labute approximate surface area is 117 Å². The molecule has 1 N–H and O–H groups in total. The first-order valence-electron chi connectivity index (χ1n) is 7.86. The summed E-state index contributed by atoms with van der Waals surface area (Å²) in [7, 11) is 2.20. The van der Waals surface area contributed by atoms with Crippen LogP contribution in [0, 0.1) is 5.92 Å². The van der Waals surface area contributed by atoms with Gasteiger partial charge in [0, 0.05) is 25.8 Å². The van der Waals surface area contributed by atoms with Crippen LogP contribution in [-0.2, 0) is 13.0 Å². The van der Waals surface area contributed by atoms with E-state index in [-0.39, 0.29) is 0 Å². The Balaban J connectivity index is 1.47. The van der Waals surface area contributed by atoms with E-state index in [1.807, 2.05) is 0 Å². The number of rotatable bonds is 6. The molecule has 3 rings (SSSR count). The zero-order valence-corrected chi connectivity index (χ0v) is 12.1. The molecule has 2 heteroatoms. The number of fused-ring (bicyclic) bond motifs is 1. The molecule has 0 spiro atoms. The van der Waals surface area contributed by atoms with Gasteiger partial charge in [-0.1, -0.05) is 25.0 Å². The van der Waals surface area contributed by atoms with Gasteiger partial charge in [-0.25, -0.2) is 0 Å². The second-order valence-corrected chi connectivity index (χ2v) is 6.25. The van der Waals surface area contributed by atoms with Gasteiger partial charge in [0.1, 0.15) is 0 Å². The van der Waals surface area contributed by atoms with Crippen molar-refractivity contribution in [3.8, 4) is 0 Å². The summed E-state index contributed by atoms with van der Waals surface area (Å²) in [6.45, 7) is 3.40. The molecule has 19 heavy (non-hydrogen) atoms. The number of nitrogens with one attached hydrogen (secondary N) is 1. The molecule has 0 atom stereocenters. The number of nitrogens with zero attached hydrogens (tertiary/aromatic N) is 1. The maximum atomic E-state index is 3.59. The predicted molar refractivity (Wildman–Crippen MR) is 81.7 cm³/mol. The topological polar surface area (TPSA) is 15.3 Å². The maximum Gasteiger partial charge on any atom is 0.0396 e. The van der Waals surface area contributed by atoms with Crippen LogP contribution in [0.4, 0.5) is 5.69 Å². The van der Waals surface area contributed by atoms with E-state index in [2.05, 4.69) is 35.5 Å². The van der Waals surface area contributed by atoms with Gasteiger partial charge in [0.15, 0.2) is 0 Å². The molecule has 2 nitrogen and oxygen atoms in total. The maximum absolute atomic E-state index is 3.59. The third-order valence-electron chi connectivity index (χ3n) is 4.49. The van der Waals surface area contributed by atoms with Gasteiger partial charge in [0.25, 0.3) is 0 Å². The number of hydrogen-bond acceptors (Lipinski definition) is 2. The van der Waals surface area contributed by atoms with Crippen molar-refractivity contribution in [1.29, 1.82) is 0 Å². The summed E-state index contributed by atoms with van der Waals surface area (Å²) in [6, 6.07) is 6.99. The smallest absolute Gasteiger partial charge is 0.0396 e. The van der Waals surface area contributed by atoms with E-state index in [4.69, 9.17) is 0 Å². The predicted octanol–water partition coefficient (Wildman–Crippen LogP) is 3.35. The van der Waals surface area contributed by atoms with Gasteiger partial charge >= 0.3 is 0 Å².